The largest absolute Gasteiger partial charge is 0.507 e. The second-order valence-corrected chi connectivity index (χ2v) is 8.73. The molecule has 2 unspecified atom stereocenters. The number of ketones is 1. The number of amides is 1. The number of carbonyl (C=O) groups excluding carboxylic acids is 2. The first-order valence-electron chi connectivity index (χ1n) is 11.7. The van der Waals surface area contributed by atoms with Crippen LogP contribution in [0.15, 0.2) is 72.4 Å². The van der Waals surface area contributed by atoms with E-state index in [-0.39, 0.29) is 17.4 Å². The Morgan fingerprint density at radius 2 is 1.94 bits per heavy atom. The van der Waals surface area contributed by atoms with Crippen molar-refractivity contribution in [2.75, 3.05) is 11.5 Å². The molecule has 1 saturated heterocycles. The number of ether oxygens (including phenoxy) is 2. The first kappa shape index (κ1) is 22.7. The number of fused-ring (bicyclic) bond motifs is 1. The van der Waals surface area contributed by atoms with Gasteiger partial charge in [0.15, 0.2) is 0 Å². The number of anilines is 1. The summed E-state index contributed by atoms with van der Waals surface area (Å²) in [6.07, 6.45) is 3.20. The number of carbonyl (C=O) groups is 2. The average molecular weight is 471 g/mol. The van der Waals surface area contributed by atoms with Crippen LogP contribution < -0.4 is 14.4 Å². The molecule has 2 atom stereocenters. The fraction of sp³-hybridized carbons (Fsp3) is 0.250. The monoisotopic (exact) mass is 470 g/mol. The number of benzene rings is 2. The Morgan fingerprint density at radius 3 is 2.66 bits per heavy atom. The topological polar surface area (TPSA) is 89.0 Å². The molecule has 35 heavy (non-hydrogen) atoms. The fourth-order valence-electron chi connectivity index (χ4n) is 4.57. The summed E-state index contributed by atoms with van der Waals surface area (Å²) in [5.74, 6) is 0.0798. The van der Waals surface area contributed by atoms with Crippen LogP contribution in [0, 0.1) is 0 Å². The molecular weight excluding hydrogens is 444 g/mol. The number of aliphatic hydroxyl groups excluding tert-OH is 1. The summed E-state index contributed by atoms with van der Waals surface area (Å²) >= 11 is 0. The van der Waals surface area contributed by atoms with Crippen molar-refractivity contribution in [3.63, 3.8) is 0 Å². The third-order valence-corrected chi connectivity index (χ3v) is 6.18. The van der Waals surface area contributed by atoms with Gasteiger partial charge >= 0.3 is 5.91 Å². The molecule has 1 amide bonds. The minimum Gasteiger partial charge on any atom is -0.507 e. The summed E-state index contributed by atoms with van der Waals surface area (Å²) in [7, 11) is 0. The van der Waals surface area contributed by atoms with E-state index in [9.17, 15) is 14.7 Å². The summed E-state index contributed by atoms with van der Waals surface area (Å²) in [6, 6.07) is 16.9. The average Bonchev–Trinajstić information content (AvgIpc) is 3.38. The van der Waals surface area contributed by atoms with E-state index in [1.165, 1.54) is 4.90 Å². The summed E-state index contributed by atoms with van der Waals surface area (Å²) in [5.41, 5.74) is 2.11. The maximum Gasteiger partial charge on any atom is 0.301 e. The molecule has 7 nitrogen and oxygen atoms in total. The minimum atomic E-state index is -0.839. The van der Waals surface area contributed by atoms with Crippen molar-refractivity contribution in [1.82, 2.24) is 4.98 Å². The lowest BCUT2D eigenvalue weighted by Crippen LogP contribution is -2.30. The fourth-order valence-corrected chi connectivity index (χ4v) is 4.57. The van der Waals surface area contributed by atoms with Crippen LogP contribution in [-0.4, -0.2) is 34.5 Å². The lowest BCUT2D eigenvalue weighted by atomic mass is 9.94. The number of Topliss-reactive ketones (excluding diaryl/α,β-unsaturated/α-hetero) is 1. The van der Waals surface area contributed by atoms with Crippen molar-refractivity contribution in [2.24, 2.45) is 0 Å². The Labute approximate surface area is 203 Å². The predicted molar refractivity (Wildman–Crippen MR) is 131 cm³/mol. The normalized spacial score (nSPS) is 20.6. The lowest BCUT2D eigenvalue weighted by molar-refractivity contribution is -0.132. The molecule has 2 aromatic carbocycles. The van der Waals surface area contributed by atoms with E-state index in [4.69, 9.17) is 9.47 Å². The van der Waals surface area contributed by atoms with Gasteiger partial charge < -0.3 is 14.6 Å². The lowest BCUT2D eigenvalue weighted by Gasteiger charge is -2.24. The van der Waals surface area contributed by atoms with Crippen molar-refractivity contribution in [1.29, 1.82) is 0 Å². The van der Waals surface area contributed by atoms with Crippen molar-refractivity contribution < 1.29 is 24.2 Å². The van der Waals surface area contributed by atoms with Gasteiger partial charge in [-0.3, -0.25) is 14.5 Å². The van der Waals surface area contributed by atoms with Crippen molar-refractivity contribution in [3.05, 3.63) is 89.1 Å². The van der Waals surface area contributed by atoms with Crippen LogP contribution >= 0.6 is 0 Å². The molecule has 0 bridgehead atoms. The number of nitrogens with zero attached hydrogens (tertiary/aromatic N) is 2. The summed E-state index contributed by atoms with van der Waals surface area (Å²) in [4.78, 5) is 32.2. The molecule has 1 fully saturated rings. The number of aliphatic hydroxyl groups is 1. The van der Waals surface area contributed by atoms with Gasteiger partial charge in [0.1, 0.15) is 29.2 Å². The molecule has 1 aromatic heterocycles. The molecule has 7 heteroatoms. The molecule has 0 spiro atoms. The third kappa shape index (κ3) is 4.14. The highest BCUT2D eigenvalue weighted by atomic mass is 16.5. The highest BCUT2D eigenvalue weighted by molar-refractivity contribution is 6.51. The molecule has 1 N–H and O–H groups in total. The van der Waals surface area contributed by atoms with Crippen LogP contribution in [0.3, 0.4) is 0 Å². The standard InChI is InChI=1S/C28H26N2O5/c1-3-14-34-21-10-7-18(8-11-21)25-24(27(32)28(33)30(25)23-6-4-5-13-29-23)26(31)19-9-12-22-20(16-19)15-17(2)35-22/h4-13,16-17,25,31H,3,14-15H2,1-2H3. The maximum absolute atomic E-state index is 13.3. The highest BCUT2D eigenvalue weighted by Gasteiger charge is 2.47. The zero-order valence-electron chi connectivity index (χ0n) is 19.6. The smallest absolute Gasteiger partial charge is 0.301 e. The van der Waals surface area contributed by atoms with Crippen LogP contribution in [0.1, 0.15) is 43.0 Å². The molecule has 2 aliphatic rings. The van der Waals surface area contributed by atoms with Crippen LogP contribution in [0.2, 0.25) is 0 Å². The van der Waals surface area contributed by atoms with Gasteiger partial charge in [-0.25, -0.2) is 4.98 Å². The molecule has 178 valence electrons. The molecule has 5 rings (SSSR count). The second kappa shape index (κ2) is 9.25. The van der Waals surface area contributed by atoms with E-state index >= 15 is 0 Å². The summed E-state index contributed by atoms with van der Waals surface area (Å²) < 4.78 is 11.5. The molecular formula is C28H26N2O5. The second-order valence-electron chi connectivity index (χ2n) is 8.73. The van der Waals surface area contributed by atoms with E-state index in [0.29, 0.717) is 35.7 Å². The van der Waals surface area contributed by atoms with Crippen LogP contribution in [0.4, 0.5) is 5.82 Å². The molecule has 2 aliphatic heterocycles. The Kier molecular flexibility index (Phi) is 5.99. The van der Waals surface area contributed by atoms with E-state index in [1.807, 2.05) is 32.0 Å². The Balaban J connectivity index is 1.63. The number of pyridine rings is 1. The molecule has 0 saturated carbocycles. The van der Waals surface area contributed by atoms with Crippen molar-refractivity contribution in [2.45, 2.75) is 38.8 Å². The van der Waals surface area contributed by atoms with Crippen molar-refractivity contribution >= 4 is 23.3 Å². The van der Waals surface area contributed by atoms with Crippen molar-refractivity contribution in [3.8, 4) is 11.5 Å². The Hall–Kier alpha value is -4.13. The van der Waals surface area contributed by atoms with E-state index in [2.05, 4.69) is 4.98 Å². The van der Waals surface area contributed by atoms with Crippen LogP contribution in [0.5, 0.6) is 11.5 Å². The van der Waals surface area contributed by atoms with Gasteiger partial charge in [-0.2, -0.15) is 0 Å². The Morgan fingerprint density at radius 1 is 1.14 bits per heavy atom. The third-order valence-electron chi connectivity index (χ3n) is 6.18. The van der Waals surface area contributed by atoms with Gasteiger partial charge in [0.05, 0.1) is 18.2 Å². The highest BCUT2D eigenvalue weighted by Crippen LogP contribution is 2.42. The molecule has 3 aromatic rings. The number of aromatic nitrogens is 1. The summed E-state index contributed by atoms with van der Waals surface area (Å²) in [6.45, 7) is 4.60. The SMILES string of the molecule is CCCOc1ccc(C2C(=C(O)c3ccc4c(c3)CC(C)O4)C(=O)C(=O)N2c2ccccn2)cc1. The first-order chi connectivity index (χ1) is 17.0. The minimum absolute atomic E-state index is 0.0230. The maximum atomic E-state index is 13.3. The predicted octanol–water partition coefficient (Wildman–Crippen LogP) is 4.82. The van der Waals surface area contributed by atoms with Crippen LogP contribution in [-0.2, 0) is 16.0 Å². The first-order valence-corrected chi connectivity index (χ1v) is 11.7. The summed E-state index contributed by atoms with van der Waals surface area (Å²) in [5, 5.41) is 11.4. The number of hydrogen-bond acceptors (Lipinski definition) is 6. The Bertz CT molecular complexity index is 1300. The zero-order valence-corrected chi connectivity index (χ0v) is 19.6. The number of rotatable bonds is 6. The van der Waals surface area contributed by atoms with E-state index in [1.54, 1.807) is 48.7 Å². The van der Waals surface area contributed by atoms with Gasteiger partial charge in [-0.05, 0) is 66.9 Å². The van der Waals surface area contributed by atoms with Gasteiger partial charge in [-0.1, -0.05) is 25.1 Å². The molecule has 0 aliphatic carbocycles. The molecule has 3 heterocycles. The van der Waals surface area contributed by atoms with E-state index in [0.717, 1.165) is 17.7 Å². The van der Waals surface area contributed by atoms with E-state index < -0.39 is 17.7 Å². The van der Waals surface area contributed by atoms with Gasteiger partial charge in [-0.15, -0.1) is 0 Å². The van der Waals surface area contributed by atoms with Gasteiger partial charge in [0, 0.05) is 18.2 Å². The van der Waals surface area contributed by atoms with Crippen LogP contribution in [0.25, 0.3) is 5.76 Å². The number of hydrogen-bond donors (Lipinski definition) is 1. The van der Waals surface area contributed by atoms with Gasteiger partial charge in [0.25, 0.3) is 5.78 Å². The zero-order chi connectivity index (χ0) is 24.5. The van der Waals surface area contributed by atoms with Gasteiger partial charge in [0.2, 0.25) is 0 Å². The molecule has 0 radical (unpaired) electrons. The quantitative estimate of drug-likeness (QED) is 0.316.